The third kappa shape index (κ3) is 1.79. The fourth-order valence-electron chi connectivity index (χ4n) is 1.06. The molecular formula is C10H8N3O+. The van der Waals surface area contributed by atoms with Crippen LogP contribution >= 0.6 is 0 Å². The molecule has 0 saturated heterocycles. The number of nitrogens with two attached hydrogens (primary N) is 1. The smallest absolute Gasteiger partial charge is 0.279 e. The van der Waals surface area contributed by atoms with Gasteiger partial charge in [-0.1, -0.05) is 0 Å². The summed E-state index contributed by atoms with van der Waals surface area (Å²) in [5, 5.41) is 10.4. The van der Waals surface area contributed by atoms with Gasteiger partial charge in [0, 0.05) is 0 Å². The van der Waals surface area contributed by atoms with E-state index < -0.39 is 0 Å². The minimum absolute atomic E-state index is 0.565. The van der Waals surface area contributed by atoms with Gasteiger partial charge in [-0.2, -0.15) is 10.3 Å². The van der Waals surface area contributed by atoms with E-state index in [-0.39, 0.29) is 0 Å². The van der Waals surface area contributed by atoms with Crippen LogP contribution < -0.4 is 10.1 Å². The molecule has 4 nitrogen and oxygen atoms in total. The molecular weight excluding hydrogens is 178 g/mol. The molecule has 1 heterocycles. The Labute approximate surface area is 81.1 Å². The van der Waals surface area contributed by atoms with Crippen molar-refractivity contribution in [3.8, 4) is 11.8 Å². The topological polar surface area (TPSA) is 62.0 Å². The van der Waals surface area contributed by atoms with Crippen LogP contribution in [0.2, 0.25) is 0 Å². The van der Waals surface area contributed by atoms with Crippen molar-refractivity contribution >= 4 is 6.34 Å². The lowest BCUT2D eigenvalue weighted by Crippen LogP contribution is -2.74. The summed E-state index contributed by atoms with van der Waals surface area (Å²) in [5.41, 5.74) is 0.618. The Hall–Kier alpha value is -2.12. The van der Waals surface area contributed by atoms with Gasteiger partial charge in [0.05, 0.1) is 11.6 Å². The molecule has 0 saturated carbocycles. The largest absolute Gasteiger partial charge is 0.435 e. The van der Waals surface area contributed by atoms with Crippen molar-refractivity contribution in [3.05, 3.63) is 41.9 Å². The molecule has 0 amide bonds. The van der Waals surface area contributed by atoms with E-state index in [4.69, 9.17) is 10.00 Å². The van der Waals surface area contributed by atoms with Crippen LogP contribution in [0.1, 0.15) is 5.56 Å². The Morgan fingerprint density at radius 2 is 2.07 bits per heavy atom. The van der Waals surface area contributed by atoms with Gasteiger partial charge in [-0.15, -0.1) is 0 Å². The fourth-order valence-corrected chi connectivity index (χ4v) is 1.06. The summed E-state index contributed by atoms with van der Waals surface area (Å²) in [6, 6.07) is 8.94. The molecule has 1 aliphatic heterocycles. The molecule has 0 aliphatic carbocycles. The fraction of sp³-hybridized carbons (Fsp3) is 0. The molecule has 4 heteroatoms. The van der Waals surface area contributed by atoms with Crippen LogP contribution in [0.15, 0.2) is 41.3 Å². The Balaban J connectivity index is 2.11. The first-order valence-electron chi connectivity index (χ1n) is 4.14. The molecule has 0 radical (unpaired) electrons. The van der Waals surface area contributed by atoms with E-state index in [0.29, 0.717) is 17.2 Å². The molecule has 0 fully saturated rings. The molecule has 0 aromatic heterocycles. The number of aliphatic imine (C=N–C) groups is 1. The third-order valence-corrected chi connectivity index (χ3v) is 1.73. The number of ether oxygens (including phenoxy) is 1. The molecule has 14 heavy (non-hydrogen) atoms. The maximum absolute atomic E-state index is 8.58. The predicted octanol–water partition coefficient (Wildman–Crippen LogP) is 0.341. The number of hydrogen-bond acceptors (Lipinski definition) is 3. The quantitative estimate of drug-likeness (QED) is 0.724. The number of quaternary nitrogens is 1. The van der Waals surface area contributed by atoms with E-state index >= 15 is 0 Å². The van der Waals surface area contributed by atoms with E-state index in [2.05, 4.69) is 4.99 Å². The van der Waals surface area contributed by atoms with Gasteiger partial charge in [0.15, 0.2) is 12.5 Å². The average molecular weight is 186 g/mol. The van der Waals surface area contributed by atoms with Crippen LogP contribution in [0, 0.1) is 11.3 Å². The van der Waals surface area contributed by atoms with Crippen LogP contribution in [-0.2, 0) is 0 Å². The van der Waals surface area contributed by atoms with Gasteiger partial charge in [0.25, 0.3) is 5.88 Å². The van der Waals surface area contributed by atoms with E-state index in [1.165, 1.54) is 0 Å². The minimum atomic E-state index is 0.565. The van der Waals surface area contributed by atoms with Crippen molar-refractivity contribution in [2.75, 3.05) is 0 Å². The highest BCUT2D eigenvalue weighted by Crippen LogP contribution is 2.14. The Bertz CT molecular complexity index is 426. The summed E-state index contributed by atoms with van der Waals surface area (Å²) in [6.45, 7) is 0. The second-order valence-corrected chi connectivity index (χ2v) is 2.71. The van der Waals surface area contributed by atoms with Crippen molar-refractivity contribution in [2.24, 2.45) is 4.99 Å². The Morgan fingerprint density at radius 3 is 2.64 bits per heavy atom. The monoisotopic (exact) mass is 186 g/mol. The first-order valence-corrected chi connectivity index (χ1v) is 4.14. The number of nitrogens with zero attached hydrogens (tertiary/aromatic N) is 2. The first kappa shape index (κ1) is 8.48. The van der Waals surface area contributed by atoms with Gasteiger partial charge in [-0.3, -0.25) is 5.32 Å². The van der Waals surface area contributed by atoms with Crippen molar-refractivity contribution in [1.82, 2.24) is 0 Å². The summed E-state index contributed by atoms with van der Waals surface area (Å²) in [7, 11) is 0. The first-order chi connectivity index (χ1) is 6.88. The second kappa shape index (κ2) is 3.73. The van der Waals surface area contributed by atoms with Crippen molar-refractivity contribution < 1.29 is 10.1 Å². The summed E-state index contributed by atoms with van der Waals surface area (Å²) >= 11 is 0. The highest BCUT2D eigenvalue weighted by atomic mass is 16.5. The van der Waals surface area contributed by atoms with E-state index in [1.54, 1.807) is 42.1 Å². The van der Waals surface area contributed by atoms with Gasteiger partial charge in [0.1, 0.15) is 5.75 Å². The SMILES string of the molecule is N#Cc1ccc(OC2=C[NH2+]C=N2)cc1. The van der Waals surface area contributed by atoms with Crippen LogP contribution in [0.25, 0.3) is 0 Å². The van der Waals surface area contributed by atoms with Gasteiger partial charge in [0.2, 0.25) is 0 Å². The zero-order valence-corrected chi connectivity index (χ0v) is 7.34. The molecule has 0 unspecified atom stereocenters. The highest BCUT2D eigenvalue weighted by molar-refractivity contribution is 5.47. The summed E-state index contributed by atoms with van der Waals surface area (Å²) < 4.78 is 5.40. The van der Waals surface area contributed by atoms with E-state index in [1.807, 2.05) is 6.07 Å². The van der Waals surface area contributed by atoms with Gasteiger partial charge in [-0.05, 0) is 24.3 Å². The van der Waals surface area contributed by atoms with E-state index in [0.717, 1.165) is 0 Å². The zero-order chi connectivity index (χ0) is 9.80. The lowest BCUT2D eigenvalue weighted by Gasteiger charge is -2.00. The molecule has 0 atom stereocenters. The maximum Gasteiger partial charge on any atom is 0.279 e. The van der Waals surface area contributed by atoms with Crippen molar-refractivity contribution in [1.29, 1.82) is 5.26 Å². The van der Waals surface area contributed by atoms with E-state index in [9.17, 15) is 0 Å². The molecule has 2 N–H and O–H groups in total. The Morgan fingerprint density at radius 1 is 1.29 bits per heavy atom. The van der Waals surface area contributed by atoms with Gasteiger partial charge in [-0.25, -0.2) is 0 Å². The van der Waals surface area contributed by atoms with Crippen LogP contribution in [0.4, 0.5) is 0 Å². The normalized spacial score (nSPS) is 13.5. The zero-order valence-electron chi connectivity index (χ0n) is 7.34. The molecule has 1 aromatic carbocycles. The summed E-state index contributed by atoms with van der Waals surface area (Å²) in [4.78, 5) is 3.97. The number of hydrogen-bond donors (Lipinski definition) is 1. The van der Waals surface area contributed by atoms with Crippen LogP contribution in [-0.4, -0.2) is 6.34 Å². The standard InChI is InChI=1S/C10H7N3O/c11-5-8-1-3-9(4-2-8)14-10-6-12-7-13-10/h1-4,6-7H,(H,12,13)/p+1. The minimum Gasteiger partial charge on any atom is -0.435 e. The molecule has 1 aliphatic rings. The summed E-state index contributed by atoms with van der Waals surface area (Å²) in [6.07, 6.45) is 3.44. The molecule has 68 valence electrons. The molecule has 2 rings (SSSR count). The van der Waals surface area contributed by atoms with Crippen molar-refractivity contribution in [3.63, 3.8) is 0 Å². The third-order valence-electron chi connectivity index (χ3n) is 1.73. The van der Waals surface area contributed by atoms with Crippen LogP contribution in [0.3, 0.4) is 0 Å². The Kier molecular flexibility index (Phi) is 2.26. The summed E-state index contributed by atoms with van der Waals surface area (Å²) in [5.74, 6) is 1.25. The van der Waals surface area contributed by atoms with Crippen molar-refractivity contribution in [2.45, 2.75) is 0 Å². The molecule has 1 aromatic rings. The number of rotatable bonds is 2. The lowest BCUT2D eigenvalue weighted by molar-refractivity contribution is -0.448. The van der Waals surface area contributed by atoms with Gasteiger partial charge >= 0.3 is 0 Å². The second-order valence-electron chi connectivity index (χ2n) is 2.71. The maximum atomic E-state index is 8.58. The predicted molar refractivity (Wildman–Crippen MR) is 50.3 cm³/mol. The lowest BCUT2D eigenvalue weighted by atomic mass is 10.2. The highest BCUT2D eigenvalue weighted by Gasteiger charge is 2.04. The molecule has 0 spiro atoms. The van der Waals surface area contributed by atoms with Gasteiger partial charge < -0.3 is 4.74 Å². The van der Waals surface area contributed by atoms with Crippen LogP contribution in [0.5, 0.6) is 5.75 Å². The number of benzene rings is 1. The molecule has 0 bridgehead atoms. The number of nitriles is 1. The average Bonchev–Trinajstić information content (AvgIpc) is 2.72.